The van der Waals surface area contributed by atoms with Gasteiger partial charge >= 0.3 is 0 Å². The van der Waals surface area contributed by atoms with Crippen LogP contribution in [0, 0.1) is 0 Å². The molecule has 1 atom stereocenters. The standard InChI is InChI=1S/C14H20N2O2S/c1-2-3-8-15-14(18)12(10-19)16-9-11-6-4-5-7-13(11)17/h4-7,9,12,17,19H,2-3,8,10H2,1H3,(H,15,18)/t12-/m0/s1. The molecule has 1 aromatic rings. The Bertz CT molecular complexity index is 435. The summed E-state index contributed by atoms with van der Waals surface area (Å²) in [6.45, 7) is 2.73. The summed E-state index contributed by atoms with van der Waals surface area (Å²) >= 11 is 4.14. The second kappa shape index (κ2) is 8.58. The maximum atomic E-state index is 11.8. The highest BCUT2D eigenvalue weighted by Crippen LogP contribution is 2.13. The molecule has 0 aliphatic heterocycles. The minimum absolute atomic E-state index is 0.130. The van der Waals surface area contributed by atoms with E-state index in [0.29, 0.717) is 17.9 Å². The van der Waals surface area contributed by atoms with Crippen LogP contribution in [0.3, 0.4) is 0 Å². The van der Waals surface area contributed by atoms with E-state index in [4.69, 9.17) is 0 Å². The van der Waals surface area contributed by atoms with E-state index in [1.807, 2.05) is 0 Å². The second-order valence-corrected chi connectivity index (χ2v) is 4.55. The van der Waals surface area contributed by atoms with Gasteiger partial charge in [-0.25, -0.2) is 0 Å². The van der Waals surface area contributed by atoms with Gasteiger partial charge < -0.3 is 10.4 Å². The van der Waals surface area contributed by atoms with E-state index >= 15 is 0 Å². The molecular weight excluding hydrogens is 260 g/mol. The number of aliphatic imine (C=N–C) groups is 1. The molecule has 0 unspecified atom stereocenters. The Morgan fingerprint density at radius 2 is 2.26 bits per heavy atom. The van der Waals surface area contributed by atoms with Gasteiger partial charge in [-0.3, -0.25) is 9.79 Å². The number of thiol groups is 1. The number of hydrogen-bond acceptors (Lipinski definition) is 4. The van der Waals surface area contributed by atoms with Crippen LogP contribution < -0.4 is 5.32 Å². The average Bonchev–Trinajstić information content (AvgIpc) is 2.41. The van der Waals surface area contributed by atoms with E-state index in [1.54, 1.807) is 24.3 Å². The van der Waals surface area contributed by atoms with E-state index in [9.17, 15) is 9.90 Å². The summed E-state index contributed by atoms with van der Waals surface area (Å²) in [5.41, 5.74) is 0.593. The first-order valence-corrected chi connectivity index (χ1v) is 7.02. The number of aromatic hydroxyl groups is 1. The third-order valence-electron chi connectivity index (χ3n) is 2.64. The second-order valence-electron chi connectivity index (χ2n) is 4.18. The van der Waals surface area contributed by atoms with Crippen molar-refractivity contribution in [2.24, 2.45) is 4.99 Å². The largest absolute Gasteiger partial charge is 0.507 e. The Balaban J connectivity index is 2.61. The molecule has 0 aliphatic rings. The summed E-state index contributed by atoms with van der Waals surface area (Å²) in [4.78, 5) is 16.0. The first kappa shape index (κ1) is 15.6. The fourth-order valence-corrected chi connectivity index (χ4v) is 1.73. The number of unbranched alkanes of at least 4 members (excludes halogenated alkanes) is 1. The van der Waals surface area contributed by atoms with Crippen LogP contribution in [-0.4, -0.2) is 35.6 Å². The minimum atomic E-state index is -0.528. The molecule has 0 bridgehead atoms. The van der Waals surface area contributed by atoms with E-state index in [-0.39, 0.29) is 11.7 Å². The highest BCUT2D eigenvalue weighted by molar-refractivity contribution is 7.80. The molecule has 0 fully saturated rings. The molecule has 19 heavy (non-hydrogen) atoms. The van der Waals surface area contributed by atoms with Crippen molar-refractivity contribution < 1.29 is 9.90 Å². The van der Waals surface area contributed by atoms with Crippen LogP contribution in [0.4, 0.5) is 0 Å². The molecule has 4 nitrogen and oxygen atoms in total. The van der Waals surface area contributed by atoms with Crippen LogP contribution in [0.15, 0.2) is 29.3 Å². The Kier molecular flexibility index (Phi) is 7.03. The van der Waals surface area contributed by atoms with Gasteiger partial charge in [-0.05, 0) is 18.6 Å². The predicted molar refractivity (Wildman–Crippen MR) is 81.3 cm³/mol. The quantitative estimate of drug-likeness (QED) is 0.406. The maximum Gasteiger partial charge on any atom is 0.245 e. The monoisotopic (exact) mass is 280 g/mol. The lowest BCUT2D eigenvalue weighted by Gasteiger charge is -2.10. The molecule has 0 saturated heterocycles. The predicted octanol–water partition coefficient (Wildman–Crippen LogP) is 2.03. The summed E-state index contributed by atoms with van der Waals surface area (Å²) in [7, 11) is 0. The molecular formula is C14H20N2O2S. The van der Waals surface area contributed by atoms with Gasteiger partial charge in [0.2, 0.25) is 5.91 Å². The number of carbonyl (C=O) groups excluding carboxylic acids is 1. The highest BCUT2D eigenvalue weighted by atomic mass is 32.1. The SMILES string of the molecule is CCCCNC(=O)[C@H](CS)N=Cc1ccccc1O. The first-order valence-electron chi connectivity index (χ1n) is 6.38. The normalized spacial score (nSPS) is 12.5. The molecule has 2 N–H and O–H groups in total. The zero-order valence-corrected chi connectivity index (χ0v) is 11.9. The lowest BCUT2D eigenvalue weighted by atomic mass is 10.2. The lowest BCUT2D eigenvalue weighted by Crippen LogP contribution is -2.35. The van der Waals surface area contributed by atoms with Crippen LogP contribution in [0.2, 0.25) is 0 Å². The van der Waals surface area contributed by atoms with Crippen LogP contribution in [0.25, 0.3) is 0 Å². The van der Waals surface area contributed by atoms with Gasteiger partial charge in [0.15, 0.2) is 0 Å². The number of benzene rings is 1. The molecule has 0 aliphatic carbocycles. The maximum absolute atomic E-state index is 11.8. The smallest absolute Gasteiger partial charge is 0.245 e. The number of phenols is 1. The van der Waals surface area contributed by atoms with Crippen molar-refractivity contribution in [2.45, 2.75) is 25.8 Å². The third-order valence-corrected chi connectivity index (χ3v) is 2.98. The molecule has 1 amide bonds. The molecule has 104 valence electrons. The van der Waals surface area contributed by atoms with Gasteiger partial charge in [-0.15, -0.1) is 0 Å². The van der Waals surface area contributed by atoms with Crippen molar-refractivity contribution in [1.29, 1.82) is 0 Å². The summed E-state index contributed by atoms with van der Waals surface area (Å²) in [5.74, 6) is 0.355. The van der Waals surface area contributed by atoms with E-state index in [0.717, 1.165) is 12.8 Å². The topological polar surface area (TPSA) is 61.7 Å². The van der Waals surface area contributed by atoms with Crippen molar-refractivity contribution in [3.8, 4) is 5.75 Å². The van der Waals surface area contributed by atoms with Crippen molar-refractivity contribution in [1.82, 2.24) is 5.32 Å². The van der Waals surface area contributed by atoms with Gasteiger partial charge in [0.05, 0.1) is 0 Å². The summed E-state index contributed by atoms with van der Waals surface area (Å²) in [5, 5.41) is 12.4. The van der Waals surface area contributed by atoms with Crippen molar-refractivity contribution in [2.75, 3.05) is 12.3 Å². The molecule has 0 heterocycles. The molecule has 0 spiro atoms. The summed E-state index contributed by atoms with van der Waals surface area (Å²) < 4.78 is 0. The summed E-state index contributed by atoms with van der Waals surface area (Å²) in [6.07, 6.45) is 3.50. The number of para-hydroxylation sites is 1. The van der Waals surface area contributed by atoms with Crippen molar-refractivity contribution in [3.63, 3.8) is 0 Å². The van der Waals surface area contributed by atoms with E-state index in [2.05, 4.69) is 29.9 Å². The molecule has 0 aromatic heterocycles. The van der Waals surface area contributed by atoms with Gasteiger partial charge in [-0.2, -0.15) is 12.6 Å². The molecule has 0 radical (unpaired) electrons. The average molecular weight is 280 g/mol. The summed E-state index contributed by atoms with van der Waals surface area (Å²) in [6, 6.07) is 6.33. The Morgan fingerprint density at radius 3 is 2.89 bits per heavy atom. The van der Waals surface area contributed by atoms with Crippen LogP contribution in [0.1, 0.15) is 25.3 Å². The Hall–Kier alpha value is -1.49. The number of nitrogens with one attached hydrogen (secondary N) is 1. The molecule has 1 rings (SSSR count). The molecule has 5 heteroatoms. The third kappa shape index (κ3) is 5.34. The van der Waals surface area contributed by atoms with Crippen molar-refractivity contribution >= 4 is 24.8 Å². The molecule has 0 saturated carbocycles. The number of nitrogens with zero attached hydrogens (tertiary/aromatic N) is 1. The Labute approximate surface area is 119 Å². The van der Waals surface area contributed by atoms with E-state index < -0.39 is 6.04 Å². The zero-order valence-electron chi connectivity index (χ0n) is 11.0. The van der Waals surface area contributed by atoms with Gasteiger partial charge in [0.1, 0.15) is 11.8 Å². The van der Waals surface area contributed by atoms with Crippen LogP contribution in [-0.2, 0) is 4.79 Å². The number of carbonyl (C=O) groups is 1. The van der Waals surface area contributed by atoms with Crippen LogP contribution in [0.5, 0.6) is 5.75 Å². The number of amides is 1. The van der Waals surface area contributed by atoms with Gasteiger partial charge in [-0.1, -0.05) is 25.5 Å². The molecule has 1 aromatic carbocycles. The highest BCUT2D eigenvalue weighted by Gasteiger charge is 2.14. The van der Waals surface area contributed by atoms with Crippen molar-refractivity contribution in [3.05, 3.63) is 29.8 Å². The fraction of sp³-hybridized carbons (Fsp3) is 0.429. The number of hydrogen-bond donors (Lipinski definition) is 3. The van der Waals surface area contributed by atoms with Gasteiger partial charge in [0.25, 0.3) is 0 Å². The first-order chi connectivity index (χ1) is 9.19. The van der Waals surface area contributed by atoms with Crippen LogP contribution >= 0.6 is 12.6 Å². The Morgan fingerprint density at radius 1 is 1.53 bits per heavy atom. The van der Waals surface area contributed by atoms with Gasteiger partial charge in [0, 0.05) is 24.1 Å². The number of rotatable bonds is 7. The fourth-order valence-electron chi connectivity index (χ4n) is 1.47. The lowest BCUT2D eigenvalue weighted by molar-refractivity contribution is -0.121. The minimum Gasteiger partial charge on any atom is -0.507 e. The number of phenolic OH excluding ortho intramolecular Hbond substituents is 1. The zero-order chi connectivity index (χ0) is 14.1. The van der Waals surface area contributed by atoms with E-state index in [1.165, 1.54) is 6.21 Å².